The fourth-order valence-electron chi connectivity index (χ4n) is 2.38. The highest BCUT2D eigenvalue weighted by atomic mass is 19.1. The molecule has 1 N–H and O–H groups in total. The van der Waals surface area contributed by atoms with Crippen LogP contribution in [0.1, 0.15) is 32.6 Å². The van der Waals surface area contributed by atoms with Crippen molar-refractivity contribution in [2.45, 2.75) is 38.6 Å². The van der Waals surface area contributed by atoms with E-state index in [4.69, 9.17) is 0 Å². The van der Waals surface area contributed by atoms with E-state index in [2.05, 4.69) is 12.2 Å². The Hall–Kier alpha value is -1.12. The summed E-state index contributed by atoms with van der Waals surface area (Å²) in [6.07, 6.45) is 4.73. The molecule has 2 unspecified atom stereocenters. The molecule has 2 atom stereocenters. The molecule has 0 aromatic heterocycles. The highest BCUT2D eigenvalue weighted by Gasteiger charge is 2.21. The van der Waals surface area contributed by atoms with Gasteiger partial charge in [-0.3, -0.25) is 0 Å². The Morgan fingerprint density at radius 2 is 1.69 bits per heavy atom. The van der Waals surface area contributed by atoms with Gasteiger partial charge in [-0.1, -0.05) is 19.8 Å². The van der Waals surface area contributed by atoms with Gasteiger partial charge in [0.25, 0.3) is 0 Å². The van der Waals surface area contributed by atoms with Crippen LogP contribution in [0.2, 0.25) is 0 Å². The standard InChI is InChI=1S/C13H17F2N/c1-9-4-2-3-5-13(9)16-12-7-10(14)6-11(15)8-12/h6-9,13,16H,2-5H2,1H3. The van der Waals surface area contributed by atoms with Gasteiger partial charge >= 0.3 is 0 Å². The van der Waals surface area contributed by atoms with E-state index in [1.54, 1.807) is 0 Å². The molecular formula is C13H17F2N. The van der Waals surface area contributed by atoms with Crippen LogP contribution < -0.4 is 5.32 Å². The third kappa shape index (κ3) is 2.71. The van der Waals surface area contributed by atoms with Crippen molar-refractivity contribution in [3.8, 4) is 0 Å². The smallest absolute Gasteiger partial charge is 0.128 e. The molecule has 88 valence electrons. The van der Waals surface area contributed by atoms with Gasteiger partial charge in [0.05, 0.1) is 0 Å². The summed E-state index contributed by atoms with van der Waals surface area (Å²) in [6, 6.07) is 3.94. The molecule has 0 heterocycles. The third-order valence-corrected chi connectivity index (χ3v) is 3.33. The second-order valence-corrected chi connectivity index (χ2v) is 4.67. The molecule has 1 saturated carbocycles. The van der Waals surface area contributed by atoms with Gasteiger partial charge in [-0.2, -0.15) is 0 Å². The van der Waals surface area contributed by atoms with Crippen molar-refractivity contribution in [1.82, 2.24) is 0 Å². The first-order chi connectivity index (χ1) is 7.65. The monoisotopic (exact) mass is 225 g/mol. The van der Waals surface area contributed by atoms with Gasteiger partial charge in [0.15, 0.2) is 0 Å². The molecule has 1 aromatic rings. The normalized spacial score (nSPS) is 25.4. The SMILES string of the molecule is CC1CCCCC1Nc1cc(F)cc(F)c1. The summed E-state index contributed by atoms with van der Waals surface area (Å²) in [6.45, 7) is 2.19. The van der Waals surface area contributed by atoms with Gasteiger partial charge in [0, 0.05) is 17.8 Å². The Balaban J connectivity index is 2.07. The van der Waals surface area contributed by atoms with E-state index >= 15 is 0 Å². The fraction of sp³-hybridized carbons (Fsp3) is 0.538. The topological polar surface area (TPSA) is 12.0 Å². The zero-order chi connectivity index (χ0) is 11.5. The molecule has 1 nitrogen and oxygen atoms in total. The van der Waals surface area contributed by atoms with E-state index in [9.17, 15) is 8.78 Å². The molecule has 0 aliphatic heterocycles. The molecule has 0 amide bonds. The van der Waals surface area contributed by atoms with Crippen LogP contribution in [0.5, 0.6) is 0 Å². The van der Waals surface area contributed by atoms with Gasteiger partial charge < -0.3 is 5.32 Å². The predicted molar refractivity (Wildman–Crippen MR) is 61.4 cm³/mol. The summed E-state index contributed by atoms with van der Waals surface area (Å²) < 4.78 is 26.0. The van der Waals surface area contributed by atoms with Gasteiger partial charge in [-0.15, -0.1) is 0 Å². The molecule has 1 aliphatic carbocycles. The lowest BCUT2D eigenvalue weighted by Gasteiger charge is -2.30. The minimum Gasteiger partial charge on any atom is -0.382 e. The van der Waals surface area contributed by atoms with Gasteiger partial charge in [0.2, 0.25) is 0 Å². The average Bonchev–Trinajstić information content (AvgIpc) is 2.20. The first kappa shape index (κ1) is 11.4. The van der Waals surface area contributed by atoms with Crippen molar-refractivity contribution in [3.05, 3.63) is 29.8 Å². The van der Waals surface area contributed by atoms with Crippen molar-refractivity contribution < 1.29 is 8.78 Å². The van der Waals surface area contributed by atoms with Crippen molar-refractivity contribution >= 4 is 5.69 Å². The molecule has 0 radical (unpaired) electrons. The van der Waals surface area contributed by atoms with Crippen LogP contribution in [0.4, 0.5) is 14.5 Å². The molecule has 3 heteroatoms. The third-order valence-electron chi connectivity index (χ3n) is 3.33. The molecule has 2 rings (SSSR count). The molecule has 1 fully saturated rings. The van der Waals surface area contributed by atoms with Crippen LogP contribution in [-0.2, 0) is 0 Å². The second kappa shape index (κ2) is 4.81. The molecule has 0 saturated heterocycles. The van der Waals surface area contributed by atoms with Crippen LogP contribution in [0, 0.1) is 17.6 Å². The number of rotatable bonds is 2. The summed E-state index contributed by atoms with van der Waals surface area (Å²) in [5.41, 5.74) is 0.552. The number of hydrogen-bond donors (Lipinski definition) is 1. The van der Waals surface area contributed by atoms with E-state index in [1.165, 1.54) is 31.4 Å². The van der Waals surface area contributed by atoms with Crippen molar-refractivity contribution in [1.29, 1.82) is 0 Å². The van der Waals surface area contributed by atoms with E-state index < -0.39 is 11.6 Å². The Morgan fingerprint density at radius 1 is 1.06 bits per heavy atom. The number of halogens is 2. The Labute approximate surface area is 94.9 Å². The van der Waals surface area contributed by atoms with Gasteiger partial charge in [-0.25, -0.2) is 8.78 Å². The largest absolute Gasteiger partial charge is 0.382 e. The summed E-state index contributed by atoms with van der Waals surface area (Å²) in [7, 11) is 0. The maximum absolute atomic E-state index is 13.0. The Bertz CT molecular complexity index is 345. The Morgan fingerprint density at radius 3 is 2.31 bits per heavy atom. The van der Waals surface area contributed by atoms with Gasteiger partial charge in [0.1, 0.15) is 11.6 Å². The average molecular weight is 225 g/mol. The zero-order valence-electron chi connectivity index (χ0n) is 9.47. The lowest BCUT2D eigenvalue weighted by Crippen LogP contribution is -2.30. The van der Waals surface area contributed by atoms with Crippen LogP contribution in [0.15, 0.2) is 18.2 Å². The lowest BCUT2D eigenvalue weighted by molar-refractivity contribution is 0.349. The lowest BCUT2D eigenvalue weighted by atomic mass is 9.86. The van der Waals surface area contributed by atoms with E-state index in [1.807, 2.05) is 0 Å². The number of nitrogens with one attached hydrogen (secondary N) is 1. The van der Waals surface area contributed by atoms with Crippen molar-refractivity contribution in [2.24, 2.45) is 5.92 Å². The molecule has 16 heavy (non-hydrogen) atoms. The van der Waals surface area contributed by atoms with Crippen LogP contribution in [-0.4, -0.2) is 6.04 Å². The van der Waals surface area contributed by atoms with Gasteiger partial charge in [-0.05, 0) is 30.9 Å². The Kier molecular flexibility index (Phi) is 3.42. The van der Waals surface area contributed by atoms with Crippen molar-refractivity contribution in [3.63, 3.8) is 0 Å². The fourth-order valence-corrected chi connectivity index (χ4v) is 2.38. The summed E-state index contributed by atoms with van der Waals surface area (Å²) in [5.74, 6) is -0.475. The molecule has 1 aliphatic rings. The predicted octanol–water partition coefficient (Wildman–Crippen LogP) is 3.96. The highest BCUT2D eigenvalue weighted by molar-refractivity contribution is 5.44. The molecule has 0 bridgehead atoms. The number of hydrogen-bond acceptors (Lipinski definition) is 1. The quantitative estimate of drug-likeness (QED) is 0.803. The van der Waals surface area contributed by atoms with E-state index in [0.717, 1.165) is 12.5 Å². The summed E-state index contributed by atoms with van der Waals surface area (Å²) in [4.78, 5) is 0. The van der Waals surface area contributed by atoms with Crippen LogP contribution >= 0.6 is 0 Å². The van der Waals surface area contributed by atoms with E-state index in [-0.39, 0.29) is 0 Å². The first-order valence-corrected chi connectivity index (χ1v) is 5.88. The number of anilines is 1. The maximum atomic E-state index is 13.0. The molecule has 1 aromatic carbocycles. The first-order valence-electron chi connectivity index (χ1n) is 5.88. The summed E-state index contributed by atoms with van der Waals surface area (Å²) in [5, 5.41) is 3.23. The summed E-state index contributed by atoms with van der Waals surface area (Å²) >= 11 is 0. The van der Waals surface area contributed by atoms with Crippen molar-refractivity contribution in [2.75, 3.05) is 5.32 Å². The van der Waals surface area contributed by atoms with Crippen LogP contribution in [0.25, 0.3) is 0 Å². The molecular weight excluding hydrogens is 208 g/mol. The minimum absolute atomic E-state index is 0.343. The number of benzene rings is 1. The minimum atomic E-state index is -0.522. The van der Waals surface area contributed by atoms with E-state index in [0.29, 0.717) is 17.6 Å². The maximum Gasteiger partial charge on any atom is 0.128 e. The highest BCUT2D eigenvalue weighted by Crippen LogP contribution is 2.27. The second-order valence-electron chi connectivity index (χ2n) is 4.67. The van der Waals surface area contributed by atoms with Crippen LogP contribution in [0.3, 0.4) is 0 Å². The molecule has 0 spiro atoms. The zero-order valence-corrected chi connectivity index (χ0v) is 9.47.